The van der Waals surface area contributed by atoms with Crippen molar-refractivity contribution in [1.29, 1.82) is 0 Å². The van der Waals surface area contributed by atoms with E-state index in [0.717, 1.165) is 0 Å². The normalized spacial score (nSPS) is 28.6. The summed E-state index contributed by atoms with van der Waals surface area (Å²) < 4.78 is 5.12. The van der Waals surface area contributed by atoms with Crippen LogP contribution in [0, 0.1) is 0 Å². The molecule has 2 unspecified atom stereocenters. The summed E-state index contributed by atoms with van der Waals surface area (Å²) in [6.07, 6.45) is 0.273. The van der Waals surface area contributed by atoms with Gasteiger partial charge in [0.25, 0.3) is 0 Å². The summed E-state index contributed by atoms with van der Waals surface area (Å²) in [5, 5.41) is 22.5. The van der Waals surface area contributed by atoms with Gasteiger partial charge in [0.2, 0.25) is 0 Å². The molecule has 1 heterocycles. The molecule has 0 aliphatic carbocycles. The first-order valence-corrected chi connectivity index (χ1v) is 5.35. The summed E-state index contributed by atoms with van der Waals surface area (Å²) in [4.78, 5) is 1.93. The van der Waals surface area contributed by atoms with Gasteiger partial charge in [0.15, 0.2) is 0 Å². The van der Waals surface area contributed by atoms with E-state index in [1.54, 1.807) is 0 Å². The monoisotopic (exact) mass is 218 g/mol. The van der Waals surface area contributed by atoms with Gasteiger partial charge in [0, 0.05) is 32.7 Å². The maximum Gasteiger partial charge on any atom is 0.102 e. The molecule has 0 amide bonds. The lowest BCUT2D eigenvalue weighted by atomic mass is 10.0. The first-order valence-electron chi connectivity index (χ1n) is 5.35. The lowest BCUT2D eigenvalue weighted by Gasteiger charge is -2.22. The van der Waals surface area contributed by atoms with Gasteiger partial charge in [-0.2, -0.15) is 0 Å². The van der Waals surface area contributed by atoms with Crippen molar-refractivity contribution in [2.24, 2.45) is 0 Å². The molecule has 0 radical (unpaired) electrons. The summed E-state index contributed by atoms with van der Waals surface area (Å²) in [5.41, 5.74) is -0.738. The topological polar surface area (TPSA) is 65.0 Å². The van der Waals surface area contributed by atoms with Crippen molar-refractivity contribution < 1.29 is 14.9 Å². The van der Waals surface area contributed by atoms with E-state index in [0.29, 0.717) is 39.3 Å². The number of likely N-dealkylation sites (N-methyl/N-ethyl adjacent to an activating group) is 1. The molecule has 1 fully saturated rings. The van der Waals surface area contributed by atoms with E-state index < -0.39 is 11.7 Å². The zero-order chi connectivity index (χ0) is 11.3. The van der Waals surface area contributed by atoms with E-state index in [4.69, 9.17) is 4.74 Å². The Kier molecular flexibility index (Phi) is 4.95. The van der Waals surface area contributed by atoms with Crippen molar-refractivity contribution in [3.63, 3.8) is 0 Å². The Morgan fingerprint density at radius 3 is 2.80 bits per heavy atom. The van der Waals surface area contributed by atoms with E-state index in [-0.39, 0.29) is 0 Å². The number of aliphatic hydroxyl groups is 2. The molecule has 1 saturated heterocycles. The number of rotatable bonds is 6. The van der Waals surface area contributed by atoms with Gasteiger partial charge in [0.05, 0.1) is 12.7 Å². The molecule has 5 heteroatoms. The van der Waals surface area contributed by atoms with E-state index in [9.17, 15) is 10.2 Å². The second-order valence-corrected chi connectivity index (χ2v) is 4.57. The van der Waals surface area contributed by atoms with Crippen LogP contribution in [0.1, 0.15) is 6.42 Å². The summed E-state index contributed by atoms with van der Waals surface area (Å²) in [6.45, 7) is 2.63. The quantitative estimate of drug-likeness (QED) is 0.514. The number of hydrogen-bond donors (Lipinski definition) is 3. The molecule has 0 aromatic heterocycles. The second kappa shape index (κ2) is 5.77. The van der Waals surface area contributed by atoms with Crippen LogP contribution in [0.15, 0.2) is 0 Å². The molecule has 0 aromatic carbocycles. The highest BCUT2D eigenvalue weighted by molar-refractivity contribution is 4.85. The lowest BCUT2D eigenvalue weighted by Crippen LogP contribution is -2.44. The van der Waals surface area contributed by atoms with Crippen LogP contribution in [-0.2, 0) is 4.74 Å². The molecule has 0 spiro atoms. The zero-order valence-electron chi connectivity index (χ0n) is 9.57. The molecule has 1 aliphatic heterocycles. The molecular formula is C10H22N2O3. The standard InChI is InChI=1S/C10H22N2O3/c1-12(2)6-9(13)5-11-7-10(14)3-4-15-8-10/h9,11,13-14H,3-8H2,1-2H3. The van der Waals surface area contributed by atoms with Crippen LogP contribution in [0.3, 0.4) is 0 Å². The van der Waals surface area contributed by atoms with Gasteiger partial charge in [-0.15, -0.1) is 0 Å². The third kappa shape index (κ3) is 4.90. The molecule has 2 atom stereocenters. The van der Waals surface area contributed by atoms with Gasteiger partial charge in [-0.1, -0.05) is 0 Å². The molecule has 0 bridgehead atoms. The lowest BCUT2D eigenvalue weighted by molar-refractivity contribution is 0.0237. The minimum absolute atomic E-state index is 0.393. The Morgan fingerprint density at radius 1 is 1.53 bits per heavy atom. The van der Waals surface area contributed by atoms with Crippen molar-refractivity contribution in [1.82, 2.24) is 10.2 Å². The van der Waals surface area contributed by atoms with Crippen LogP contribution in [-0.4, -0.2) is 73.8 Å². The van der Waals surface area contributed by atoms with Crippen molar-refractivity contribution >= 4 is 0 Å². The third-order valence-corrected chi connectivity index (χ3v) is 2.49. The Hall–Kier alpha value is -0.200. The Morgan fingerprint density at radius 2 is 2.27 bits per heavy atom. The van der Waals surface area contributed by atoms with Crippen molar-refractivity contribution in [3.8, 4) is 0 Å². The fraction of sp³-hybridized carbons (Fsp3) is 1.00. The molecule has 0 aromatic rings. The molecule has 5 nitrogen and oxygen atoms in total. The van der Waals surface area contributed by atoms with Gasteiger partial charge in [0.1, 0.15) is 5.60 Å². The van der Waals surface area contributed by atoms with E-state index in [1.165, 1.54) is 0 Å². The van der Waals surface area contributed by atoms with Crippen LogP contribution in [0.4, 0.5) is 0 Å². The van der Waals surface area contributed by atoms with E-state index in [1.807, 2.05) is 19.0 Å². The van der Waals surface area contributed by atoms with Crippen LogP contribution >= 0.6 is 0 Å². The molecular weight excluding hydrogens is 196 g/mol. The summed E-state index contributed by atoms with van der Waals surface area (Å²) in [6, 6.07) is 0. The van der Waals surface area contributed by atoms with Gasteiger partial charge in [-0.05, 0) is 14.1 Å². The number of nitrogens with zero attached hydrogens (tertiary/aromatic N) is 1. The van der Waals surface area contributed by atoms with Gasteiger partial charge < -0.3 is 25.2 Å². The SMILES string of the molecule is CN(C)CC(O)CNCC1(O)CCOC1. The Balaban J connectivity index is 2.10. The highest BCUT2D eigenvalue weighted by Crippen LogP contribution is 2.16. The Bertz CT molecular complexity index is 182. The third-order valence-electron chi connectivity index (χ3n) is 2.49. The molecule has 90 valence electrons. The minimum atomic E-state index is -0.738. The fourth-order valence-corrected chi connectivity index (χ4v) is 1.69. The summed E-state index contributed by atoms with van der Waals surface area (Å²) in [5.74, 6) is 0. The smallest absolute Gasteiger partial charge is 0.102 e. The molecule has 3 N–H and O–H groups in total. The Labute approximate surface area is 91.0 Å². The van der Waals surface area contributed by atoms with Crippen molar-refractivity contribution in [2.45, 2.75) is 18.1 Å². The van der Waals surface area contributed by atoms with Crippen molar-refractivity contribution in [2.75, 3.05) is 46.9 Å². The predicted octanol–water partition coefficient (Wildman–Crippen LogP) is -1.35. The fourth-order valence-electron chi connectivity index (χ4n) is 1.69. The van der Waals surface area contributed by atoms with E-state index >= 15 is 0 Å². The number of nitrogens with one attached hydrogen (secondary N) is 1. The number of aliphatic hydroxyl groups excluding tert-OH is 1. The van der Waals surface area contributed by atoms with Crippen LogP contribution < -0.4 is 5.32 Å². The van der Waals surface area contributed by atoms with Crippen LogP contribution in [0.5, 0.6) is 0 Å². The zero-order valence-corrected chi connectivity index (χ0v) is 9.57. The number of ether oxygens (including phenoxy) is 1. The maximum absolute atomic E-state index is 9.91. The van der Waals surface area contributed by atoms with Crippen LogP contribution in [0.25, 0.3) is 0 Å². The summed E-state index contributed by atoms with van der Waals surface area (Å²) in [7, 11) is 3.84. The van der Waals surface area contributed by atoms with Crippen LogP contribution in [0.2, 0.25) is 0 Å². The second-order valence-electron chi connectivity index (χ2n) is 4.57. The van der Waals surface area contributed by atoms with Crippen molar-refractivity contribution in [3.05, 3.63) is 0 Å². The first kappa shape index (κ1) is 12.9. The van der Waals surface area contributed by atoms with Gasteiger partial charge in [-0.3, -0.25) is 0 Å². The minimum Gasteiger partial charge on any atom is -0.390 e. The highest BCUT2D eigenvalue weighted by Gasteiger charge is 2.31. The largest absolute Gasteiger partial charge is 0.390 e. The van der Waals surface area contributed by atoms with Gasteiger partial charge >= 0.3 is 0 Å². The maximum atomic E-state index is 9.91. The summed E-state index contributed by atoms with van der Waals surface area (Å²) >= 11 is 0. The number of hydrogen-bond acceptors (Lipinski definition) is 5. The molecule has 0 saturated carbocycles. The average molecular weight is 218 g/mol. The first-order chi connectivity index (χ1) is 7.02. The molecule has 15 heavy (non-hydrogen) atoms. The average Bonchev–Trinajstić information content (AvgIpc) is 2.51. The highest BCUT2D eigenvalue weighted by atomic mass is 16.5. The van der Waals surface area contributed by atoms with Gasteiger partial charge in [-0.25, -0.2) is 0 Å². The predicted molar refractivity (Wildman–Crippen MR) is 57.8 cm³/mol. The van der Waals surface area contributed by atoms with E-state index in [2.05, 4.69) is 5.32 Å². The molecule has 1 aliphatic rings. The molecule has 1 rings (SSSR count).